The summed E-state index contributed by atoms with van der Waals surface area (Å²) in [4.78, 5) is 11.0. The number of nitrogens with two attached hydrogens (primary N) is 1. The number of halogens is 2. The van der Waals surface area contributed by atoms with Crippen molar-refractivity contribution in [3.63, 3.8) is 0 Å². The lowest BCUT2D eigenvalue weighted by Gasteiger charge is -2.11. The highest BCUT2D eigenvalue weighted by atomic mass is 19.2. The third-order valence-corrected chi connectivity index (χ3v) is 3.33. The van der Waals surface area contributed by atoms with Crippen LogP contribution in [0.5, 0.6) is 5.75 Å². The summed E-state index contributed by atoms with van der Waals surface area (Å²) in [6.45, 7) is 2.41. The minimum atomic E-state index is -0.944. The third-order valence-electron chi connectivity index (χ3n) is 3.33. The van der Waals surface area contributed by atoms with E-state index in [2.05, 4.69) is 5.32 Å². The number of carbonyl (C=O) groups is 1. The lowest BCUT2D eigenvalue weighted by atomic mass is 10.1. The van der Waals surface area contributed by atoms with E-state index in [0.717, 1.165) is 23.3 Å². The summed E-state index contributed by atoms with van der Waals surface area (Å²) in [7, 11) is 0. The predicted molar refractivity (Wildman–Crippen MR) is 82.6 cm³/mol. The molecule has 1 atom stereocenters. The van der Waals surface area contributed by atoms with Crippen molar-refractivity contribution in [1.29, 1.82) is 0 Å². The number of ether oxygens (including phenoxy) is 1. The SMILES string of the molecule is C[C@H](NCc1cccc(COc2ccc(F)c(F)c2)c1)C(N)=O. The molecule has 0 bridgehead atoms. The zero-order valence-electron chi connectivity index (χ0n) is 12.7. The minimum absolute atomic E-state index is 0.226. The second-order valence-corrected chi connectivity index (χ2v) is 5.19. The van der Waals surface area contributed by atoms with Gasteiger partial charge >= 0.3 is 0 Å². The number of hydrogen-bond acceptors (Lipinski definition) is 3. The number of amides is 1. The largest absolute Gasteiger partial charge is 0.489 e. The number of hydrogen-bond donors (Lipinski definition) is 2. The van der Waals surface area contributed by atoms with Gasteiger partial charge in [-0.3, -0.25) is 4.79 Å². The average Bonchev–Trinajstić information content (AvgIpc) is 2.54. The fraction of sp³-hybridized carbons (Fsp3) is 0.235. The summed E-state index contributed by atoms with van der Waals surface area (Å²) < 4.78 is 31.4. The molecule has 2 aromatic carbocycles. The molecule has 0 fully saturated rings. The van der Waals surface area contributed by atoms with E-state index in [4.69, 9.17) is 10.5 Å². The van der Waals surface area contributed by atoms with Crippen molar-refractivity contribution < 1.29 is 18.3 Å². The Labute approximate surface area is 133 Å². The van der Waals surface area contributed by atoms with Crippen LogP contribution in [0, 0.1) is 11.6 Å². The van der Waals surface area contributed by atoms with E-state index in [1.807, 2.05) is 24.3 Å². The maximum atomic E-state index is 13.1. The summed E-state index contributed by atoms with van der Waals surface area (Å²) in [5.74, 6) is -2.01. The Bertz CT molecular complexity index is 692. The fourth-order valence-electron chi connectivity index (χ4n) is 1.93. The van der Waals surface area contributed by atoms with Crippen LogP contribution >= 0.6 is 0 Å². The molecule has 2 rings (SSSR count). The first-order chi connectivity index (χ1) is 11.0. The molecule has 122 valence electrons. The van der Waals surface area contributed by atoms with Crippen LogP contribution in [0.25, 0.3) is 0 Å². The second kappa shape index (κ2) is 7.69. The topological polar surface area (TPSA) is 64.3 Å². The highest BCUT2D eigenvalue weighted by Crippen LogP contribution is 2.17. The van der Waals surface area contributed by atoms with Crippen LogP contribution in [-0.4, -0.2) is 11.9 Å². The van der Waals surface area contributed by atoms with E-state index in [1.165, 1.54) is 6.07 Å². The van der Waals surface area contributed by atoms with Crippen molar-refractivity contribution in [3.05, 3.63) is 65.2 Å². The normalized spacial score (nSPS) is 12.0. The van der Waals surface area contributed by atoms with Gasteiger partial charge in [0, 0.05) is 12.6 Å². The molecule has 0 aliphatic rings. The van der Waals surface area contributed by atoms with Crippen molar-refractivity contribution >= 4 is 5.91 Å². The standard InChI is InChI=1S/C17H18F2N2O2/c1-11(17(20)22)21-9-12-3-2-4-13(7-12)10-23-14-5-6-15(18)16(19)8-14/h2-8,11,21H,9-10H2,1H3,(H2,20,22)/t11-/m0/s1. The predicted octanol–water partition coefficient (Wildman–Crippen LogP) is 2.51. The lowest BCUT2D eigenvalue weighted by molar-refractivity contribution is -0.119. The smallest absolute Gasteiger partial charge is 0.234 e. The van der Waals surface area contributed by atoms with Gasteiger partial charge in [-0.15, -0.1) is 0 Å². The van der Waals surface area contributed by atoms with Crippen molar-refractivity contribution in [3.8, 4) is 5.75 Å². The van der Waals surface area contributed by atoms with Gasteiger partial charge in [-0.2, -0.15) is 0 Å². The van der Waals surface area contributed by atoms with Gasteiger partial charge in [0.25, 0.3) is 0 Å². The van der Waals surface area contributed by atoms with E-state index in [9.17, 15) is 13.6 Å². The van der Waals surface area contributed by atoms with Gasteiger partial charge in [0.2, 0.25) is 5.91 Å². The summed E-state index contributed by atoms with van der Waals surface area (Å²) in [6.07, 6.45) is 0. The second-order valence-electron chi connectivity index (χ2n) is 5.19. The van der Waals surface area contributed by atoms with Crippen LogP contribution in [-0.2, 0) is 17.9 Å². The lowest BCUT2D eigenvalue weighted by Crippen LogP contribution is -2.38. The Morgan fingerprint density at radius 1 is 1.17 bits per heavy atom. The van der Waals surface area contributed by atoms with Crippen LogP contribution in [0.3, 0.4) is 0 Å². The Hall–Kier alpha value is -2.47. The highest BCUT2D eigenvalue weighted by molar-refractivity contribution is 5.79. The fourth-order valence-corrected chi connectivity index (χ4v) is 1.93. The number of benzene rings is 2. The number of carbonyl (C=O) groups excluding carboxylic acids is 1. The zero-order chi connectivity index (χ0) is 16.8. The Morgan fingerprint density at radius 3 is 2.61 bits per heavy atom. The first-order valence-corrected chi connectivity index (χ1v) is 7.14. The van der Waals surface area contributed by atoms with Crippen LogP contribution in [0.4, 0.5) is 8.78 Å². The molecule has 0 heterocycles. The average molecular weight is 320 g/mol. The van der Waals surface area contributed by atoms with E-state index < -0.39 is 23.6 Å². The van der Waals surface area contributed by atoms with Crippen molar-refractivity contribution in [1.82, 2.24) is 5.32 Å². The van der Waals surface area contributed by atoms with Crippen molar-refractivity contribution in [2.45, 2.75) is 26.1 Å². The van der Waals surface area contributed by atoms with Crippen LogP contribution < -0.4 is 15.8 Å². The monoisotopic (exact) mass is 320 g/mol. The molecule has 0 aliphatic heterocycles. The molecular weight excluding hydrogens is 302 g/mol. The Balaban J connectivity index is 1.94. The number of nitrogens with one attached hydrogen (secondary N) is 1. The Kier molecular flexibility index (Phi) is 5.65. The molecule has 4 nitrogen and oxygen atoms in total. The maximum absolute atomic E-state index is 13.1. The van der Waals surface area contributed by atoms with Gasteiger partial charge < -0.3 is 15.8 Å². The maximum Gasteiger partial charge on any atom is 0.234 e. The molecule has 1 amide bonds. The number of rotatable bonds is 7. The molecule has 0 saturated carbocycles. The quantitative estimate of drug-likeness (QED) is 0.824. The van der Waals surface area contributed by atoms with Crippen LogP contribution in [0.1, 0.15) is 18.1 Å². The molecule has 0 aromatic heterocycles. The van der Waals surface area contributed by atoms with E-state index >= 15 is 0 Å². The van der Waals surface area contributed by atoms with E-state index in [-0.39, 0.29) is 12.4 Å². The molecule has 2 aromatic rings. The first-order valence-electron chi connectivity index (χ1n) is 7.14. The summed E-state index contributed by atoms with van der Waals surface area (Å²) >= 11 is 0. The van der Waals surface area contributed by atoms with E-state index in [1.54, 1.807) is 6.92 Å². The molecule has 6 heteroatoms. The molecular formula is C17H18F2N2O2. The van der Waals surface area contributed by atoms with Crippen molar-refractivity contribution in [2.75, 3.05) is 0 Å². The van der Waals surface area contributed by atoms with Gasteiger partial charge in [-0.25, -0.2) is 8.78 Å². The van der Waals surface area contributed by atoms with Crippen LogP contribution in [0.2, 0.25) is 0 Å². The highest BCUT2D eigenvalue weighted by Gasteiger charge is 2.07. The molecule has 0 unspecified atom stereocenters. The molecule has 0 radical (unpaired) electrons. The summed E-state index contributed by atoms with van der Waals surface area (Å²) in [5, 5.41) is 3.01. The Morgan fingerprint density at radius 2 is 1.91 bits per heavy atom. The van der Waals surface area contributed by atoms with Crippen LogP contribution in [0.15, 0.2) is 42.5 Å². The third kappa shape index (κ3) is 5.03. The minimum Gasteiger partial charge on any atom is -0.489 e. The van der Waals surface area contributed by atoms with Gasteiger partial charge in [0.1, 0.15) is 12.4 Å². The van der Waals surface area contributed by atoms with Gasteiger partial charge in [-0.1, -0.05) is 24.3 Å². The van der Waals surface area contributed by atoms with Crippen molar-refractivity contribution in [2.24, 2.45) is 5.73 Å². The zero-order valence-corrected chi connectivity index (χ0v) is 12.7. The van der Waals surface area contributed by atoms with E-state index in [0.29, 0.717) is 6.54 Å². The molecule has 0 aliphatic carbocycles. The first kappa shape index (κ1) is 16.9. The summed E-state index contributed by atoms with van der Waals surface area (Å²) in [5.41, 5.74) is 7.02. The van der Waals surface area contributed by atoms with Gasteiger partial charge in [-0.05, 0) is 30.2 Å². The molecule has 23 heavy (non-hydrogen) atoms. The summed E-state index contributed by atoms with van der Waals surface area (Å²) in [6, 6.07) is 10.5. The van der Waals surface area contributed by atoms with Gasteiger partial charge in [0.15, 0.2) is 11.6 Å². The molecule has 0 spiro atoms. The van der Waals surface area contributed by atoms with Gasteiger partial charge in [0.05, 0.1) is 6.04 Å². The number of primary amides is 1. The molecule has 0 saturated heterocycles. The molecule has 3 N–H and O–H groups in total.